The molecule has 2 N–H and O–H groups in total. The van der Waals surface area contributed by atoms with E-state index in [2.05, 4.69) is 20.7 Å². The van der Waals surface area contributed by atoms with Gasteiger partial charge in [0.15, 0.2) is 0 Å². The van der Waals surface area contributed by atoms with Crippen molar-refractivity contribution in [2.24, 2.45) is 5.92 Å². The summed E-state index contributed by atoms with van der Waals surface area (Å²) >= 11 is 6.43. The highest BCUT2D eigenvalue weighted by Crippen LogP contribution is 2.34. The van der Waals surface area contributed by atoms with E-state index in [4.69, 9.17) is 11.6 Å². The molecule has 0 unspecified atom stereocenters. The molecule has 154 valence electrons. The van der Waals surface area contributed by atoms with E-state index >= 15 is 0 Å². The molecule has 2 aromatic rings. The first-order valence-corrected chi connectivity index (χ1v) is 10.7. The van der Waals surface area contributed by atoms with Crippen molar-refractivity contribution in [3.8, 4) is 11.1 Å². The van der Waals surface area contributed by atoms with Crippen LogP contribution in [0, 0.1) is 5.92 Å². The normalized spacial score (nSPS) is 21.3. The number of aryl methyl sites for hydroxylation is 1. The molecule has 1 aliphatic carbocycles. The molecule has 4 rings (SSSR count). The molecule has 2 amide bonds. The molecular weight excluding hydrogens is 390 g/mol. The summed E-state index contributed by atoms with van der Waals surface area (Å²) < 4.78 is 2.04. The zero-order valence-electron chi connectivity index (χ0n) is 16.6. The highest BCUT2D eigenvalue weighted by molar-refractivity contribution is 6.33. The van der Waals surface area contributed by atoms with Gasteiger partial charge >= 0.3 is 0 Å². The number of hydrogen-bond donors (Lipinski definition) is 2. The Morgan fingerprint density at radius 1 is 1.17 bits per heavy atom. The lowest BCUT2D eigenvalue weighted by Crippen LogP contribution is -2.40. The van der Waals surface area contributed by atoms with Gasteiger partial charge in [0.2, 0.25) is 11.8 Å². The second-order valence-corrected chi connectivity index (χ2v) is 8.39. The van der Waals surface area contributed by atoms with Crippen LogP contribution in [0.3, 0.4) is 0 Å². The van der Waals surface area contributed by atoms with E-state index in [1.807, 2.05) is 16.9 Å². The number of nitrogens with zero attached hydrogens (tertiary/aromatic N) is 3. The van der Waals surface area contributed by atoms with E-state index in [-0.39, 0.29) is 23.8 Å². The van der Waals surface area contributed by atoms with Crippen molar-refractivity contribution >= 4 is 29.2 Å². The monoisotopic (exact) mass is 415 g/mol. The molecular formula is C21H26ClN5O2. The van der Waals surface area contributed by atoms with Gasteiger partial charge in [-0.15, -0.1) is 0 Å². The van der Waals surface area contributed by atoms with Crippen LogP contribution >= 0.6 is 11.6 Å². The fraction of sp³-hybridized carbons (Fsp3) is 0.524. The summed E-state index contributed by atoms with van der Waals surface area (Å²) in [6.45, 7) is 2.44. The topological polar surface area (TPSA) is 88.9 Å². The number of hydrogen-bond acceptors (Lipinski definition) is 4. The third kappa shape index (κ3) is 4.45. The van der Waals surface area contributed by atoms with E-state index in [1.165, 1.54) is 12.6 Å². The number of carbonyl (C=O) groups excluding carboxylic acids is 2. The molecule has 0 bridgehead atoms. The van der Waals surface area contributed by atoms with Crippen molar-refractivity contribution in [1.82, 2.24) is 20.1 Å². The highest BCUT2D eigenvalue weighted by atomic mass is 35.5. The summed E-state index contributed by atoms with van der Waals surface area (Å²) in [5, 5.41) is 10.9. The fourth-order valence-corrected chi connectivity index (χ4v) is 4.64. The number of nitrogens with one attached hydrogen (secondary N) is 2. The van der Waals surface area contributed by atoms with Crippen LogP contribution in [0.2, 0.25) is 5.02 Å². The van der Waals surface area contributed by atoms with Crippen LogP contribution in [-0.2, 0) is 22.6 Å². The summed E-state index contributed by atoms with van der Waals surface area (Å²) in [4.78, 5) is 28.4. The number of fused-ring (bicyclic) bond motifs is 1. The summed E-state index contributed by atoms with van der Waals surface area (Å²) in [6.07, 6.45) is 10.0. The highest BCUT2D eigenvalue weighted by Gasteiger charge is 2.28. The molecule has 7 nitrogen and oxygen atoms in total. The zero-order valence-corrected chi connectivity index (χ0v) is 17.3. The largest absolute Gasteiger partial charge is 0.354 e. The molecule has 2 aromatic heterocycles. The maximum atomic E-state index is 12.8. The predicted octanol–water partition coefficient (Wildman–Crippen LogP) is 3.57. The van der Waals surface area contributed by atoms with Crippen molar-refractivity contribution in [3.05, 3.63) is 29.2 Å². The number of carbonyl (C=O) groups is 2. The molecule has 0 saturated heterocycles. The molecule has 0 spiro atoms. The van der Waals surface area contributed by atoms with Crippen LogP contribution in [0.5, 0.6) is 0 Å². The smallest absolute Gasteiger partial charge is 0.228 e. The van der Waals surface area contributed by atoms with Gasteiger partial charge in [0.1, 0.15) is 5.82 Å². The maximum absolute atomic E-state index is 12.8. The Morgan fingerprint density at radius 3 is 2.86 bits per heavy atom. The minimum Gasteiger partial charge on any atom is -0.354 e. The van der Waals surface area contributed by atoms with Gasteiger partial charge in [-0.05, 0) is 44.6 Å². The SMILES string of the molecule is CC(=O)N[C@H]1CCC[C@@H](C(=O)Nc2cc(-c3cnn4c3CCCC4)c(Cl)cn2)C1. The number of rotatable bonds is 4. The molecule has 0 aromatic carbocycles. The second kappa shape index (κ2) is 8.53. The summed E-state index contributed by atoms with van der Waals surface area (Å²) in [6, 6.07) is 1.89. The van der Waals surface area contributed by atoms with E-state index < -0.39 is 0 Å². The molecule has 29 heavy (non-hydrogen) atoms. The molecule has 2 aliphatic rings. The Balaban J connectivity index is 1.50. The molecule has 2 atom stereocenters. The maximum Gasteiger partial charge on any atom is 0.228 e. The van der Waals surface area contributed by atoms with E-state index in [1.54, 1.807) is 6.20 Å². The van der Waals surface area contributed by atoms with Crippen molar-refractivity contribution in [3.63, 3.8) is 0 Å². The zero-order chi connectivity index (χ0) is 20.4. The Morgan fingerprint density at radius 2 is 2.03 bits per heavy atom. The summed E-state index contributed by atoms with van der Waals surface area (Å²) in [7, 11) is 0. The minimum atomic E-state index is -0.134. The lowest BCUT2D eigenvalue weighted by molar-refractivity contribution is -0.123. The first-order chi connectivity index (χ1) is 14.0. The Hall–Kier alpha value is -2.41. The van der Waals surface area contributed by atoms with Crippen LogP contribution in [0.4, 0.5) is 5.82 Å². The summed E-state index contributed by atoms with van der Waals surface area (Å²) in [5.74, 6) is 0.250. The second-order valence-electron chi connectivity index (χ2n) is 7.98. The quantitative estimate of drug-likeness (QED) is 0.798. The average molecular weight is 416 g/mol. The van der Waals surface area contributed by atoms with Crippen LogP contribution in [0.15, 0.2) is 18.5 Å². The molecule has 3 heterocycles. The molecule has 1 aliphatic heterocycles. The average Bonchev–Trinajstić information content (AvgIpc) is 3.13. The number of aromatic nitrogens is 3. The Bertz CT molecular complexity index is 926. The van der Waals surface area contributed by atoms with Gasteiger partial charge in [0.05, 0.1) is 11.2 Å². The van der Waals surface area contributed by atoms with E-state index in [9.17, 15) is 9.59 Å². The van der Waals surface area contributed by atoms with Gasteiger partial charge in [-0.3, -0.25) is 14.3 Å². The lowest BCUT2D eigenvalue weighted by atomic mass is 9.85. The number of anilines is 1. The van der Waals surface area contributed by atoms with Gasteiger partial charge in [-0.1, -0.05) is 18.0 Å². The molecule has 8 heteroatoms. The van der Waals surface area contributed by atoms with Gasteiger partial charge < -0.3 is 10.6 Å². The fourth-order valence-electron chi connectivity index (χ4n) is 4.43. The number of pyridine rings is 1. The molecule has 1 fully saturated rings. The van der Waals surface area contributed by atoms with Crippen molar-refractivity contribution in [2.75, 3.05) is 5.32 Å². The van der Waals surface area contributed by atoms with Crippen LogP contribution < -0.4 is 10.6 Å². The first kappa shape index (κ1) is 19.9. The van der Waals surface area contributed by atoms with Gasteiger partial charge in [-0.25, -0.2) is 4.98 Å². The van der Waals surface area contributed by atoms with Crippen molar-refractivity contribution in [1.29, 1.82) is 0 Å². The van der Waals surface area contributed by atoms with Crippen LogP contribution in [0.1, 0.15) is 51.1 Å². The van der Waals surface area contributed by atoms with Gasteiger partial charge in [0.25, 0.3) is 0 Å². The number of amides is 2. The third-order valence-electron chi connectivity index (χ3n) is 5.83. The predicted molar refractivity (Wildman–Crippen MR) is 112 cm³/mol. The van der Waals surface area contributed by atoms with Crippen LogP contribution in [-0.4, -0.2) is 32.6 Å². The first-order valence-electron chi connectivity index (χ1n) is 10.3. The third-order valence-corrected chi connectivity index (χ3v) is 6.13. The molecule has 0 radical (unpaired) electrons. The Labute approximate surface area is 175 Å². The van der Waals surface area contributed by atoms with Gasteiger partial charge in [0, 0.05) is 48.4 Å². The number of halogens is 1. The summed E-state index contributed by atoms with van der Waals surface area (Å²) in [5.41, 5.74) is 3.04. The van der Waals surface area contributed by atoms with E-state index in [0.717, 1.165) is 56.2 Å². The minimum absolute atomic E-state index is 0.0513. The molecule has 1 saturated carbocycles. The van der Waals surface area contributed by atoms with Crippen molar-refractivity contribution in [2.45, 2.75) is 64.5 Å². The standard InChI is InChI=1S/C21H26ClN5O2/c1-13(28)25-15-6-4-5-14(9-15)21(29)26-20-10-16(18(22)12-23-20)17-11-24-27-8-3-2-7-19(17)27/h10-12,14-15H,2-9H2,1H3,(H,25,28)(H,23,26,29)/t14-,15+/m1/s1. The van der Waals surface area contributed by atoms with Crippen LogP contribution in [0.25, 0.3) is 11.1 Å². The van der Waals surface area contributed by atoms with Crippen molar-refractivity contribution < 1.29 is 9.59 Å². The Kier molecular flexibility index (Phi) is 5.85. The van der Waals surface area contributed by atoms with Gasteiger partial charge in [-0.2, -0.15) is 5.10 Å². The van der Waals surface area contributed by atoms with E-state index in [0.29, 0.717) is 17.3 Å². The lowest BCUT2D eigenvalue weighted by Gasteiger charge is -2.28.